The van der Waals surface area contributed by atoms with Crippen LogP contribution in [0.3, 0.4) is 0 Å². The lowest BCUT2D eigenvalue weighted by atomic mass is 10.1. The number of aromatic nitrogens is 2. The molecule has 0 fully saturated rings. The first-order valence-corrected chi connectivity index (χ1v) is 6.22. The van der Waals surface area contributed by atoms with E-state index in [9.17, 15) is 0 Å². The quantitative estimate of drug-likeness (QED) is 0.808. The molecule has 86 valence electrons. The zero-order chi connectivity index (χ0) is 11.3. The summed E-state index contributed by atoms with van der Waals surface area (Å²) in [7, 11) is 0. The fourth-order valence-corrected chi connectivity index (χ4v) is 2.46. The van der Waals surface area contributed by atoms with Crippen LogP contribution in [0.1, 0.15) is 31.7 Å². The molecular formula is C10H19N3OS. The molecule has 1 heterocycles. The van der Waals surface area contributed by atoms with Crippen molar-refractivity contribution in [2.24, 2.45) is 0 Å². The minimum absolute atomic E-state index is 0.162. The Morgan fingerprint density at radius 3 is 2.40 bits per heavy atom. The number of anilines is 1. The number of aryl methyl sites for hydroxylation is 1. The van der Waals surface area contributed by atoms with Crippen LogP contribution in [0.2, 0.25) is 0 Å². The van der Waals surface area contributed by atoms with Gasteiger partial charge < -0.3 is 10.0 Å². The summed E-state index contributed by atoms with van der Waals surface area (Å²) in [6, 6.07) is 0.449. The maximum Gasteiger partial charge on any atom is 0.208 e. The molecule has 0 amide bonds. The largest absolute Gasteiger partial charge is 0.395 e. The van der Waals surface area contributed by atoms with Gasteiger partial charge in [0.25, 0.3) is 0 Å². The molecule has 4 nitrogen and oxygen atoms in total. The van der Waals surface area contributed by atoms with E-state index in [2.05, 4.69) is 28.9 Å². The Morgan fingerprint density at radius 2 is 2.00 bits per heavy atom. The zero-order valence-electron chi connectivity index (χ0n) is 9.60. The van der Waals surface area contributed by atoms with Crippen LogP contribution in [-0.4, -0.2) is 34.5 Å². The lowest BCUT2D eigenvalue weighted by Crippen LogP contribution is -2.36. The van der Waals surface area contributed by atoms with Crippen molar-refractivity contribution in [2.75, 3.05) is 18.1 Å². The predicted octanol–water partition coefficient (Wildman–Crippen LogP) is 1.83. The van der Waals surface area contributed by atoms with Crippen molar-refractivity contribution in [3.63, 3.8) is 0 Å². The SMILES string of the molecule is CCC(CC)N(CCO)c1nnc(C)s1. The number of aliphatic hydroxyl groups is 1. The van der Waals surface area contributed by atoms with Gasteiger partial charge in [-0.2, -0.15) is 0 Å². The van der Waals surface area contributed by atoms with E-state index in [-0.39, 0.29) is 6.61 Å². The van der Waals surface area contributed by atoms with Gasteiger partial charge in [-0.15, -0.1) is 10.2 Å². The summed E-state index contributed by atoms with van der Waals surface area (Å²) in [5.41, 5.74) is 0. The van der Waals surface area contributed by atoms with E-state index in [0.29, 0.717) is 12.6 Å². The fourth-order valence-electron chi connectivity index (χ4n) is 1.67. The van der Waals surface area contributed by atoms with Gasteiger partial charge in [0.2, 0.25) is 5.13 Å². The number of hydrogen-bond acceptors (Lipinski definition) is 5. The lowest BCUT2D eigenvalue weighted by molar-refractivity contribution is 0.296. The van der Waals surface area contributed by atoms with Crippen LogP contribution in [0, 0.1) is 6.92 Å². The molecule has 0 aliphatic carbocycles. The number of aliphatic hydroxyl groups excluding tert-OH is 1. The molecule has 0 bridgehead atoms. The molecular weight excluding hydrogens is 210 g/mol. The molecule has 1 aromatic heterocycles. The fraction of sp³-hybridized carbons (Fsp3) is 0.800. The van der Waals surface area contributed by atoms with Crippen LogP contribution in [0.4, 0.5) is 5.13 Å². The normalized spacial score (nSPS) is 11.0. The van der Waals surface area contributed by atoms with Gasteiger partial charge >= 0.3 is 0 Å². The van der Waals surface area contributed by atoms with Crippen molar-refractivity contribution >= 4 is 16.5 Å². The van der Waals surface area contributed by atoms with Crippen LogP contribution in [-0.2, 0) is 0 Å². The van der Waals surface area contributed by atoms with Crippen LogP contribution in [0.25, 0.3) is 0 Å². The summed E-state index contributed by atoms with van der Waals surface area (Å²) in [5.74, 6) is 0. The van der Waals surface area contributed by atoms with E-state index >= 15 is 0 Å². The molecule has 0 atom stereocenters. The van der Waals surface area contributed by atoms with Gasteiger partial charge in [-0.25, -0.2) is 0 Å². The number of nitrogens with zero attached hydrogens (tertiary/aromatic N) is 3. The number of rotatable bonds is 6. The maximum absolute atomic E-state index is 9.06. The van der Waals surface area contributed by atoms with Crippen molar-refractivity contribution in [3.8, 4) is 0 Å². The third kappa shape index (κ3) is 3.14. The zero-order valence-corrected chi connectivity index (χ0v) is 10.4. The summed E-state index contributed by atoms with van der Waals surface area (Å²) in [5, 5.41) is 19.1. The molecule has 1 N–H and O–H groups in total. The van der Waals surface area contributed by atoms with Gasteiger partial charge in [0.1, 0.15) is 5.01 Å². The second-order valence-corrected chi connectivity index (χ2v) is 4.65. The Balaban J connectivity index is 2.81. The molecule has 0 radical (unpaired) electrons. The Labute approximate surface area is 95.0 Å². The average Bonchev–Trinajstić information content (AvgIpc) is 2.65. The van der Waals surface area contributed by atoms with E-state index in [1.807, 2.05) is 6.92 Å². The molecule has 1 aromatic rings. The smallest absolute Gasteiger partial charge is 0.208 e. The molecule has 0 aromatic carbocycles. The monoisotopic (exact) mass is 229 g/mol. The van der Waals surface area contributed by atoms with E-state index in [0.717, 1.165) is 23.0 Å². The lowest BCUT2D eigenvalue weighted by Gasteiger charge is -2.28. The van der Waals surface area contributed by atoms with Crippen LogP contribution in [0.15, 0.2) is 0 Å². The summed E-state index contributed by atoms with van der Waals surface area (Å²) >= 11 is 1.59. The molecule has 0 aliphatic rings. The molecule has 0 aliphatic heterocycles. The van der Waals surface area contributed by atoms with Crippen molar-refractivity contribution in [1.82, 2.24) is 10.2 Å². The highest BCUT2D eigenvalue weighted by molar-refractivity contribution is 7.15. The molecule has 0 saturated carbocycles. The Morgan fingerprint density at radius 1 is 1.33 bits per heavy atom. The Kier molecular flexibility index (Phi) is 4.98. The first-order valence-electron chi connectivity index (χ1n) is 5.40. The van der Waals surface area contributed by atoms with E-state index in [4.69, 9.17) is 5.11 Å². The minimum atomic E-state index is 0.162. The Bertz CT molecular complexity index is 286. The third-order valence-electron chi connectivity index (χ3n) is 2.49. The average molecular weight is 229 g/mol. The first-order chi connectivity index (χ1) is 7.22. The van der Waals surface area contributed by atoms with Crippen LogP contribution >= 0.6 is 11.3 Å². The van der Waals surface area contributed by atoms with Crippen LogP contribution in [0.5, 0.6) is 0 Å². The molecule has 15 heavy (non-hydrogen) atoms. The van der Waals surface area contributed by atoms with Crippen LogP contribution < -0.4 is 4.90 Å². The summed E-state index contributed by atoms with van der Waals surface area (Å²) in [6.07, 6.45) is 2.13. The predicted molar refractivity (Wildman–Crippen MR) is 63.4 cm³/mol. The van der Waals surface area contributed by atoms with Gasteiger partial charge in [-0.1, -0.05) is 25.2 Å². The number of hydrogen-bond donors (Lipinski definition) is 1. The summed E-state index contributed by atoms with van der Waals surface area (Å²) in [4.78, 5) is 2.16. The molecule has 0 unspecified atom stereocenters. The van der Waals surface area contributed by atoms with Gasteiger partial charge in [-0.3, -0.25) is 0 Å². The third-order valence-corrected chi connectivity index (χ3v) is 3.36. The molecule has 1 rings (SSSR count). The highest BCUT2D eigenvalue weighted by atomic mass is 32.1. The molecule has 5 heteroatoms. The summed E-state index contributed by atoms with van der Waals surface area (Å²) < 4.78 is 0. The van der Waals surface area contributed by atoms with Crippen molar-refractivity contribution in [2.45, 2.75) is 39.7 Å². The molecule has 0 spiro atoms. The topological polar surface area (TPSA) is 49.2 Å². The van der Waals surface area contributed by atoms with Crippen molar-refractivity contribution in [3.05, 3.63) is 5.01 Å². The van der Waals surface area contributed by atoms with Crippen molar-refractivity contribution in [1.29, 1.82) is 0 Å². The highest BCUT2D eigenvalue weighted by Crippen LogP contribution is 2.23. The minimum Gasteiger partial charge on any atom is -0.395 e. The first kappa shape index (κ1) is 12.4. The Hall–Kier alpha value is -0.680. The highest BCUT2D eigenvalue weighted by Gasteiger charge is 2.18. The standard InChI is InChI=1S/C10H19N3OS/c1-4-9(5-2)13(6-7-14)10-12-11-8(3)15-10/h9,14H,4-7H2,1-3H3. The molecule has 0 saturated heterocycles. The van der Waals surface area contributed by atoms with Gasteiger partial charge in [0.05, 0.1) is 6.61 Å². The van der Waals surface area contributed by atoms with E-state index < -0.39 is 0 Å². The second kappa shape index (κ2) is 6.02. The maximum atomic E-state index is 9.06. The van der Waals surface area contributed by atoms with Gasteiger partial charge in [0.15, 0.2) is 0 Å². The van der Waals surface area contributed by atoms with Gasteiger partial charge in [-0.05, 0) is 19.8 Å². The van der Waals surface area contributed by atoms with Crippen molar-refractivity contribution < 1.29 is 5.11 Å². The van der Waals surface area contributed by atoms with Gasteiger partial charge in [0, 0.05) is 12.6 Å². The van der Waals surface area contributed by atoms with E-state index in [1.54, 1.807) is 11.3 Å². The summed E-state index contributed by atoms with van der Waals surface area (Å²) in [6.45, 7) is 7.07. The van der Waals surface area contributed by atoms with E-state index in [1.165, 1.54) is 0 Å². The second-order valence-electron chi connectivity index (χ2n) is 3.49.